The van der Waals surface area contributed by atoms with Crippen LogP contribution in [0.2, 0.25) is 0 Å². The van der Waals surface area contributed by atoms with Gasteiger partial charge in [-0.15, -0.1) is 0 Å². The molecule has 4 heterocycles. The highest BCUT2D eigenvalue weighted by molar-refractivity contribution is 6.24. The van der Waals surface area contributed by atoms with Crippen LogP contribution in [0.25, 0.3) is 33.0 Å². The Hall–Kier alpha value is -5.66. The van der Waals surface area contributed by atoms with Gasteiger partial charge in [-0.1, -0.05) is 47.5 Å². The Labute approximate surface area is 293 Å². The predicted octanol–water partition coefficient (Wildman–Crippen LogP) is 8.44. The lowest BCUT2D eigenvalue weighted by molar-refractivity contribution is -0.151. The minimum absolute atomic E-state index is 0.115. The number of aromatic nitrogens is 2. The smallest absolute Gasteiger partial charge is 0.386 e. The molecular weight excluding hydrogens is 694 g/mol. The standard InChI is InChI=1S/2C19H16F3NO3/c2*1-9(2)13-15(18(25)26-17(13)24)16(19(20,21)22)14-10(3)23(4)12-8-6-5-7-11(12)14/h2*5-8H,1-4H3/b2*16-15-. The number of aryl methyl sites for hydroxylation is 2. The minimum atomic E-state index is -4.85. The molecule has 14 heteroatoms. The zero-order valence-electron chi connectivity index (χ0n) is 29.2. The van der Waals surface area contributed by atoms with E-state index < -0.39 is 58.5 Å². The Morgan fingerprint density at radius 2 is 0.808 bits per heavy atom. The first-order valence-electron chi connectivity index (χ1n) is 15.7. The largest absolute Gasteiger partial charge is 0.417 e. The number of rotatable bonds is 2. The van der Waals surface area contributed by atoms with Crippen molar-refractivity contribution in [1.29, 1.82) is 0 Å². The van der Waals surface area contributed by atoms with E-state index in [1.165, 1.54) is 27.7 Å². The Kier molecular flexibility index (Phi) is 9.50. The highest BCUT2D eigenvalue weighted by atomic mass is 19.4. The summed E-state index contributed by atoms with van der Waals surface area (Å²) in [5, 5.41) is 0.708. The van der Waals surface area contributed by atoms with Crippen molar-refractivity contribution in [2.75, 3.05) is 0 Å². The van der Waals surface area contributed by atoms with Crippen LogP contribution in [0, 0.1) is 13.8 Å². The summed E-state index contributed by atoms with van der Waals surface area (Å²) in [6.45, 7) is 8.98. The first kappa shape index (κ1) is 37.6. The molecule has 2 aromatic heterocycles. The van der Waals surface area contributed by atoms with Gasteiger partial charge in [-0.25, -0.2) is 19.2 Å². The van der Waals surface area contributed by atoms with Crippen LogP contribution in [0.4, 0.5) is 26.3 Å². The van der Waals surface area contributed by atoms with Gasteiger partial charge in [0.05, 0.1) is 33.4 Å². The number of esters is 4. The molecule has 0 bridgehead atoms. The van der Waals surface area contributed by atoms with E-state index in [1.807, 2.05) is 0 Å². The van der Waals surface area contributed by atoms with E-state index in [0.717, 1.165) is 0 Å². The maximum absolute atomic E-state index is 14.1. The molecule has 2 aromatic carbocycles. The van der Waals surface area contributed by atoms with Crippen molar-refractivity contribution in [3.8, 4) is 0 Å². The van der Waals surface area contributed by atoms with Gasteiger partial charge < -0.3 is 18.6 Å². The number of benzene rings is 2. The highest BCUT2D eigenvalue weighted by Crippen LogP contribution is 2.47. The van der Waals surface area contributed by atoms with E-state index in [1.54, 1.807) is 85.6 Å². The average molecular weight is 727 g/mol. The third kappa shape index (κ3) is 6.15. The lowest BCUT2D eigenvalue weighted by atomic mass is 9.91. The summed E-state index contributed by atoms with van der Waals surface area (Å²) >= 11 is 0. The van der Waals surface area contributed by atoms with E-state index in [2.05, 4.69) is 9.47 Å². The number of fused-ring (bicyclic) bond motifs is 2. The lowest BCUT2D eigenvalue weighted by Crippen LogP contribution is -2.17. The quantitative estimate of drug-likeness (QED) is 0.0891. The molecule has 0 N–H and O–H groups in total. The van der Waals surface area contributed by atoms with Crippen LogP contribution < -0.4 is 0 Å². The molecule has 2 saturated heterocycles. The van der Waals surface area contributed by atoms with Crippen molar-refractivity contribution in [1.82, 2.24) is 9.13 Å². The normalized spacial score (nSPS) is 17.1. The van der Waals surface area contributed by atoms with Gasteiger partial charge in [0, 0.05) is 58.4 Å². The summed E-state index contributed by atoms with van der Waals surface area (Å²) in [6, 6.07) is 13.2. The summed E-state index contributed by atoms with van der Waals surface area (Å²) in [7, 11) is 3.31. The summed E-state index contributed by atoms with van der Waals surface area (Å²) in [5.41, 5.74) is -2.15. The zero-order chi connectivity index (χ0) is 38.8. The predicted molar refractivity (Wildman–Crippen MR) is 180 cm³/mol. The molecule has 8 nitrogen and oxygen atoms in total. The van der Waals surface area contributed by atoms with Gasteiger partial charge in [0.25, 0.3) is 0 Å². The van der Waals surface area contributed by atoms with Gasteiger partial charge in [0.15, 0.2) is 0 Å². The number of hydrogen-bond acceptors (Lipinski definition) is 6. The summed E-state index contributed by atoms with van der Waals surface area (Å²) in [4.78, 5) is 48.2. The Bertz CT molecular complexity index is 2200. The van der Waals surface area contributed by atoms with Gasteiger partial charge >= 0.3 is 36.2 Å². The van der Waals surface area contributed by atoms with E-state index in [4.69, 9.17) is 0 Å². The molecule has 6 rings (SSSR count). The van der Waals surface area contributed by atoms with Gasteiger partial charge in [-0.05, 0) is 53.7 Å². The second-order valence-electron chi connectivity index (χ2n) is 12.7. The number of hydrogen-bond donors (Lipinski definition) is 0. The first-order chi connectivity index (χ1) is 24.1. The van der Waals surface area contributed by atoms with Crippen LogP contribution in [0.3, 0.4) is 0 Å². The fraction of sp³-hybridized carbons (Fsp3) is 0.263. The molecule has 2 aliphatic rings. The van der Waals surface area contributed by atoms with Crippen molar-refractivity contribution in [3.63, 3.8) is 0 Å². The summed E-state index contributed by atoms with van der Waals surface area (Å²) in [5.74, 6) is -4.65. The van der Waals surface area contributed by atoms with Crippen molar-refractivity contribution >= 4 is 56.8 Å². The van der Waals surface area contributed by atoms with Crippen LogP contribution in [-0.4, -0.2) is 45.4 Å². The second-order valence-corrected chi connectivity index (χ2v) is 12.7. The summed E-state index contributed by atoms with van der Waals surface area (Å²) in [6.07, 6.45) is -9.71. The van der Waals surface area contributed by atoms with Crippen LogP contribution in [0.5, 0.6) is 0 Å². The number of halogens is 6. The third-order valence-electron chi connectivity index (χ3n) is 9.05. The zero-order valence-corrected chi connectivity index (χ0v) is 29.2. The molecule has 0 amide bonds. The number of nitrogens with zero attached hydrogens (tertiary/aromatic N) is 2. The van der Waals surface area contributed by atoms with E-state index in [0.29, 0.717) is 33.2 Å². The van der Waals surface area contributed by atoms with Gasteiger partial charge in [-0.2, -0.15) is 26.3 Å². The van der Waals surface area contributed by atoms with Gasteiger partial charge in [-0.3, -0.25) is 0 Å². The average Bonchev–Trinajstić information content (AvgIpc) is 3.67. The monoisotopic (exact) mass is 726 g/mol. The number of cyclic esters (lactones) is 4. The van der Waals surface area contributed by atoms with Crippen molar-refractivity contribution < 1.29 is 55.0 Å². The molecular formula is C38H32F6N2O6. The van der Waals surface area contributed by atoms with Crippen molar-refractivity contribution in [3.05, 3.63) is 104 Å². The molecule has 52 heavy (non-hydrogen) atoms. The molecule has 2 fully saturated rings. The number of allylic oxidation sites excluding steroid dienone is 4. The molecule has 0 spiro atoms. The van der Waals surface area contributed by atoms with Gasteiger partial charge in [0.1, 0.15) is 0 Å². The topological polar surface area (TPSA) is 96.6 Å². The number of para-hydroxylation sites is 2. The number of ether oxygens (including phenoxy) is 2. The van der Waals surface area contributed by atoms with E-state index in [-0.39, 0.29) is 33.4 Å². The summed E-state index contributed by atoms with van der Waals surface area (Å²) < 4.78 is 96.9. The van der Waals surface area contributed by atoms with Crippen LogP contribution in [0.1, 0.15) is 50.2 Å². The Morgan fingerprint density at radius 1 is 0.519 bits per heavy atom. The fourth-order valence-electron chi connectivity index (χ4n) is 6.63. The number of carbonyl (C=O) groups is 4. The molecule has 4 aromatic rings. The van der Waals surface area contributed by atoms with Crippen LogP contribution >= 0.6 is 0 Å². The molecule has 0 unspecified atom stereocenters. The lowest BCUT2D eigenvalue weighted by Gasteiger charge is -2.15. The molecule has 0 saturated carbocycles. The van der Waals surface area contributed by atoms with Crippen LogP contribution in [-0.2, 0) is 42.7 Å². The molecule has 272 valence electrons. The molecule has 0 aliphatic carbocycles. The second kappa shape index (κ2) is 13.1. The maximum Gasteiger partial charge on any atom is 0.417 e. The SMILES string of the molecule is CC(C)=C1C(=O)OC(=O)/C1=C(/c1c(C)n(C)c2ccccc12)C(F)(F)F.CC(C)=C1C(=O)OC(=O)/C1=C(/c1c(C)n(C)c2ccccc12)C(F)(F)F. The third-order valence-corrected chi connectivity index (χ3v) is 9.05. The maximum atomic E-state index is 14.1. The number of carbonyl (C=O) groups excluding carboxylic acids is 4. The minimum Gasteiger partial charge on any atom is -0.386 e. The molecule has 2 aliphatic heterocycles. The highest BCUT2D eigenvalue weighted by Gasteiger charge is 2.49. The van der Waals surface area contributed by atoms with Crippen LogP contribution in [0.15, 0.2) is 82.0 Å². The first-order valence-corrected chi connectivity index (χ1v) is 15.7. The fourth-order valence-corrected chi connectivity index (χ4v) is 6.63. The molecule has 0 atom stereocenters. The Balaban J connectivity index is 0.000000201. The van der Waals surface area contributed by atoms with Crippen molar-refractivity contribution in [2.24, 2.45) is 14.1 Å². The van der Waals surface area contributed by atoms with Crippen molar-refractivity contribution in [2.45, 2.75) is 53.9 Å². The van der Waals surface area contributed by atoms with Gasteiger partial charge in [0.2, 0.25) is 0 Å². The number of alkyl halides is 6. The molecule has 0 radical (unpaired) electrons. The Morgan fingerprint density at radius 3 is 1.10 bits per heavy atom. The van der Waals surface area contributed by atoms with E-state index in [9.17, 15) is 45.5 Å². The van der Waals surface area contributed by atoms with E-state index >= 15 is 0 Å².